The molecule has 1 heterocycles. The smallest absolute Gasteiger partial charge is 0.263 e. The van der Waals surface area contributed by atoms with Crippen LogP contribution in [0, 0.1) is 17.1 Å². The summed E-state index contributed by atoms with van der Waals surface area (Å²) in [5.41, 5.74) is 1.63. The summed E-state index contributed by atoms with van der Waals surface area (Å²) in [4.78, 5) is 16.4. The topological polar surface area (TPSA) is 59.4 Å². The molecule has 28 heavy (non-hydrogen) atoms. The Balaban J connectivity index is 1.60. The van der Waals surface area contributed by atoms with Crippen molar-refractivity contribution in [2.24, 2.45) is 0 Å². The minimum Gasteiger partial charge on any atom is -0.373 e. The molecule has 144 valence electrons. The first kappa shape index (κ1) is 19.4. The van der Waals surface area contributed by atoms with Gasteiger partial charge in [0.05, 0.1) is 11.7 Å². The molecule has 1 fully saturated rings. The number of piperazine rings is 1. The highest BCUT2D eigenvalue weighted by Gasteiger charge is 2.20. The lowest BCUT2D eigenvalue weighted by atomic mass is 10.1. The number of halogens is 1. The van der Waals surface area contributed by atoms with Gasteiger partial charge in [0.25, 0.3) is 5.91 Å². The Kier molecular flexibility index (Phi) is 6.28. The van der Waals surface area contributed by atoms with Crippen LogP contribution in [-0.2, 0) is 4.79 Å². The Bertz CT molecular complexity index is 883. The molecule has 1 amide bonds. The van der Waals surface area contributed by atoms with Crippen molar-refractivity contribution in [3.8, 4) is 6.07 Å². The molecular formula is C22H23FN4O. The van der Waals surface area contributed by atoms with Gasteiger partial charge in [-0.15, -0.1) is 0 Å². The molecule has 0 saturated carbocycles. The van der Waals surface area contributed by atoms with Crippen LogP contribution in [0.15, 0.2) is 66.4 Å². The van der Waals surface area contributed by atoms with Gasteiger partial charge >= 0.3 is 0 Å². The number of hydrogen-bond acceptors (Lipinski definition) is 4. The number of nitrogens with one attached hydrogen (secondary N) is 1. The van der Waals surface area contributed by atoms with Gasteiger partial charge in [-0.3, -0.25) is 4.79 Å². The molecule has 1 saturated heterocycles. The number of carbonyl (C=O) groups excluding carboxylic acids is 1. The highest BCUT2D eigenvalue weighted by Crippen LogP contribution is 2.20. The zero-order chi connectivity index (χ0) is 19.9. The van der Waals surface area contributed by atoms with Crippen LogP contribution in [0.1, 0.15) is 18.5 Å². The largest absolute Gasteiger partial charge is 0.373 e. The average Bonchev–Trinajstić information content (AvgIpc) is 2.73. The molecule has 0 aliphatic carbocycles. The number of carbonyl (C=O) groups is 1. The van der Waals surface area contributed by atoms with Crippen molar-refractivity contribution in [2.45, 2.75) is 13.0 Å². The Hall–Kier alpha value is -3.33. The fraction of sp³-hybridized carbons (Fsp3) is 0.273. The van der Waals surface area contributed by atoms with Crippen LogP contribution >= 0.6 is 0 Å². The monoisotopic (exact) mass is 378 g/mol. The molecule has 1 aliphatic rings. The number of nitrogens with zero attached hydrogens (tertiary/aromatic N) is 3. The van der Waals surface area contributed by atoms with Crippen LogP contribution in [0.4, 0.5) is 10.1 Å². The second kappa shape index (κ2) is 9.05. The maximum Gasteiger partial charge on any atom is 0.263 e. The summed E-state index contributed by atoms with van der Waals surface area (Å²) >= 11 is 0. The second-order valence-electron chi connectivity index (χ2n) is 6.73. The van der Waals surface area contributed by atoms with Crippen molar-refractivity contribution in [2.75, 3.05) is 31.1 Å². The molecule has 5 nitrogen and oxygen atoms in total. The van der Waals surface area contributed by atoms with E-state index in [9.17, 15) is 14.4 Å². The average molecular weight is 378 g/mol. The van der Waals surface area contributed by atoms with Gasteiger partial charge in [0.2, 0.25) is 0 Å². The molecule has 1 atom stereocenters. The van der Waals surface area contributed by atoms with Gasteiger partial charge in [0.1, 0.15) is 17.5 Å². The number of benzene rings is 2. The summed E-state index contributed by atoms with van der Waals surface area (Å²) in [7, 11) is 0. The third kappa shape index (κ3) is 4.68. The number of rotatable bonds is 5. The molecule has 0 radical (unpaired) electrons. The Morgan fingerprint density at radius 3 is 2.39 bits per heavy atom. The van der Waals surface area contributed by atoms with Crippen molar-refractivity contribution in [1.29, 1.82) is 5.26 Å². The maximum atomic E-state index is 13.9. The van der Waals surface area contributed by atoms with Crippen LogP contribution in [0.5, 0.6) is 0 Å². The molecule has 0 bridgehead atoms. The van der Waals surface area contributed by atoms with Gasteiger partial charge in [0, 0.05) is 32.4 Å². The fourth-order valence-electron chi connectivity index (χ4n) is 3.22. The van der Waals surface area contributed by atoms with Gasteiger partial charge < -0.3 is 15.1 Å². The lowest BCUT2D eigenvalue weighted by molar-refractivity contribution is -0.117. The third-order valence-electron chi connectivity index (χ3n) is 4.83. The van der Waals surface area contributed by atoms with Gasteiger partial charge in [-0.05, 0) is 24.6 Å². The number of hydrogen-bond donors (Lipinski definition) is 1. The van der Waals surface area contributed by atoms with E-state index in [4.69, 9.17) is 0 Å². The van der Waals surface area contributed by atoms with Crippen LogP contribution < -0.4 is 10.2 Å². The summed E-state index contributed by atoms with van der Waals surface area (Å²) in [6.45, 7) is 4.35. The Labute approximate surface area is 164 Å². The molecule has 1 N–H and O–H groups in total. The summed E-state index contributed by atoms with van der Waals surface area (Å²) in [5, 5.41) is 12.3. The van der Waals surface area contributed by atoms with Gasteiger partial charge in [0.15, 0.2) is 0 Å². The zero-order valence-electron chi connectivity index (χ0n) is 15.8. The molecule has 2 aromatic rings. The quantitative estimate of drug-likeness (QED) is 0.641. The first-order chi connectivity index (χ1) is 13.6. The van der Waals surface area contributed by atoms with Crippen molar-refractivity contribution >= 4 is 11.6 Å². The van der Waals surface area contributed by atoms with Gasteiger partial charge in [-0.2, -0.15) is 5.26 Å². The lowest BCUT2D eigenvalue weighted by Crippen LogP contribution is -2.44. The van der Waals surface area contributed by atoms with Crippen molar-refractivity contribution < 1.29 is 9.18 Å². The molecule has 1 unspecified atom stereocenters. The summed E-state index contributed by atoms with van der Waals surface area (Å²) in [6, 6.07) is 18.1. The number of para-hydroxylation sites is 1. The lowest BCUT2D eigenvalue weighted by Gasteiger charge is -2.35. The highest BCUT2D eigenvalue weighted by molar-refractivity contribution is 5.97. The summed E-state index contributed by atoms with van der Waals surface area (Å²) in [5.74, 6) is -0.631. The van der Waals surface area contributed by atoms with Crippen LogP contribution in [-0.4, -0.2) is 37.0 Å². The van der Waals surface area contributed by atoms with E-state index >= 15 is 0 Å². The standard InChI is InChI=1S/C22H23FN4O/c1-17(18-7-3-2-4-8-18)25-22(28)19(15-24)16-26-11-13-27(14-12-26)21-10-6-5-9-20(21)23/h2-10,16-17H,11-14H2,1H3,(H,25,28)/b19-16-. The van der Waals surface area contributed by atoms with E-state index in [1.54, 1.807) is 18.3 Å². The van der Waals surface area contributed by atoms with Gasteiger partial charge in [-0.1, -0.05) is 42.5 Å². The van der Waals surface area contributed by atoms with Crippen molar-refractivity contribution in [1.82, 2.24) is 10.2 Å². The maximum absolute atomic E-state index is 13.9. The Morgan fingerprint density at radius 2 is 1.75 bits per heavy atom. The number of amides is 1. The molecule has 0 spiro atoms. The van der Waals surface area contributed by atoms with Crippen molar-refractivity contribution in [3.63, 3.8) is 0 Å². The number of nitriles is 1. The van der Waals surface area contributed by atoms with Crippen molar-refractivity contribution in [3.05, 3.63) is 77.8 Å². The predicted molar refractivity (Wildman–Crippen MR) is 107 cm³/mol. The van der Waals surface area contributed by atoms with E-state index in [1.807, 2.05) is 59.2 Å². The van der Waals surface area contributed by atoms with E-state index < -0.39 is 5.91 Å². The fourth-order valence-corrected chi connectivity index (χ4v) is 3.22. The molecule has 6 heteroatoms. The van der Waals surface area contributed by atoms with E-state index in [0.717, 1.165) is 5.56 Å². The minimum absolute atomic E-state index is 0.0714. The van der Waals surface area contributed by atoms with E-state index in [-0.39, 0.29) is 17.4 Å². The third-order valence-corrected chi connectivity index (χ3v) is 4.83. The molecule has 0 aromatic heterocycles. The minimum atomic E-state index is -0.393. The highest BCUT2D eigenvalue weighted by atomic mass is 19.1. The van der Waals surface area contributed by atoms with Crippen LogP contribution in [0.25, 0.3) is 0 Å². The van der Waals surface area contributed by atoms with Crippen LogP contribution in [0.3, 0.4) is 0 Å². The second-order valence-corrected chi connectivity index (χ2v) is 6.73. The van der Waals surface area contributed by atoms with E-state index in [0.29, 0.717) is 31.9 Å². The summed E-state index contributed by atoms with van der Waals surface area (Å²) in [6.07, 6.45) is 1.60. The van der Waals surface area contributed by atoms with Gasteiger partial charge in [-0.25, -0.2) is 4.39 Å². The molecule has 3 rings (SSSR count). The molecule has 1 aliphatic heterocycles. The van der Waals surface area contributed by atoms with E-state index in [2.05, 4.69) is 5.32 Å². The molecule has 2 aromatic carbocycles. The normalized spacial score (nSPS) is 15.7. The predicted octanol–water partition coefficient (Wildman–Crippen LogP) is 3.23. The SMILES string of the molecule is CC(NC(=O)/C(C#N)=C\N1CCN(c2ccccc2F)CC1)c1ccccc1. The van der Waals surface area contributed by atoms with Crippen LogP contribution in [0.2, 0.25) is 0 Å². The zero-order valence-corrected chi connectivity index (χ0v) is 15.8. The van der Waals surface area contributed by atoms with E-state index in [1.165, 1.54) is 6.07 Å². The summed E-state index contributed by atoms with van der Waals surface area (Å²) < 4.78 is 13.9. The first-order valence-electron chi connectivity index (χ1n) is 9.29. The molecular weight excluding hydrogens is 355 g/mol. The first-order valence-corrected chi connectivity index (χ1v) is 9.29. The Morgan fingerprint density at radius 1 is 1.11 bits per heavy atom. The number of anilines is 1.